The van der Waals surface area contributed by atoms with Crippen LogP contribution < -0.4 is 5.73 Å². The molecule has 0 fully saturated rings. The van der Waals surface area contributed by atoms with E-state index in [1.54, 1.807) is 7.11 Å². The summed E-state index contributed by atoms with van der Waals surface area (Å²) in [4.78, 5) is 4.67. The number of anilines is 1. The van der Waals surface area contributed by atoms with Gasteiger partial charge >= 0.3 is 0 Å². The van der Waals surface area contributed by atoms with Crippen molar-refractivity contribution in [3.05, 3.63) is 48.3 Å². The average molecular weight is 271 g/mol. The van der Waals surface area contributed by atoms with E-state index in [4.69, 9.17) is 10.5 Å². The standard InChI is InChI=1S/C16H21N3O/c1-4-9-19-14(5-2)18-15(16(19)17)13-8-6-7-12(10-13)11-20-3/h4,6-8,10H,1,5,9,11,17H2,2-3H3. The minimum absolute atomic E-state index is 0.585. The first kappa shape index (κ1) is 14.3. The summed E-state index contributed by atoms with van der Waals surface area (Å²) in [5.41, 5.74) is 9.21. The fourth-order valence-corrected chi connectivity index (χ4v) is 2.30. The minimum atomic E-state index is 0.585. The Morgan fingerprint density at radius 3 is 2.90 bits per heavy atom. The molecule has 4 nitrogen and oxygen atoms in total. The molecular formula is C16H21N3O. The molecule has 4 heteroatoms. The Balaban J connectivity index is 2.46. The molecule has 0 aliphatic carbocycles. The average Bonchev–Trinajstić information content (AvgIpc) is 2.77. The molecule has 20 heavy (non-hydrogen) atoms. The number of imidazole rings is 1. The summed E-state index contributed by atoms with van der Waals surface area (Å²) >= 11 is 0. The van der Waals surface area contributed by atoms with Crippen molar-refractivity contribution in [3.63, 3.8) is 0 Å². The van der Waals surface area contributed by atoms with Crippen LogP contribution in [-0.4, -0.2) is 16.7 Å². The molecule has 1 aromatic heterocycles. The molecule has 2 rings (SSSR count). The topological polar surface area (TPSA) is 53.1 Å². The number of nitrogen functional groups attached to an aromatic ring is 1. The van der Waals surface area contributed by atoms with Crippen LogP contribution in [0.25, 0.3) is 11.3 Å². The summed E-state index contributed by atoms with van der Waals surface area (Å²) in [6.07, 6.45) is 2.68. The van der Waals surface area contributed by atoms with Crippen LogP contribution in [0.2, 0.25) is 0 Å². The SMILES string of the molecule is C=CCn1c(CC)nc(-c2cccc(COC)c2)c1N. The van der Waals surface area contributed by atoms with Gasteiger partial charge < -0.3 is 15.0 Å². The number of ether oxygens (including phenoxy) is 1. The maximum absolute atomic E-state index is 6.24. The quantitative estimate of drug-likeness (QED) is 0.822. The monoisotopic (exact) mass is 271 g/mol. The molecule has 1 heterocycles. The van der Waals surface area contributed by atoms with E-state index in [2.05, 4.69) is 24.6 Å². The number of nitrogens with two attached hydrogens (primary N) is 1. The zero-order chi connectivity index (χ0) is 14.5. The molecule has 2 aromatic rings. The molecule has 0 unspecified atom stereocenters. The highest BCUT2D eigenvalue weighted by atomic mass is 16.5. The lowest BCUT2D eigenvalue weighted by Gasteiger charge is -2.06. The van der Waals surface area contributed by atoms with Crippen LogP contribution in [0.4, 0.5) is 5.82 Å². The van der Waals surface area contributed by atoms with E-state index in [1.165, 1.54) is 0 Å². The van der Waals surface area contributed by atoms with Crippen LogP contribution in [0.5, 0.6) is 0 Å². The number of nitrogens with zero attached hydrogens (tertiary/aromatic N) is 2. The van der Waals surface area contributed by atoms with Crippen molar-refractivity contribution in [2.24, 2.45) is 0 Å². The fraction of sp³-hybridized carbons (Fsp3) is 0.312. The highest BCUT2D eigenvalue weighted by molar-refractivity contribution is 5.71. The number of rotatable bonds is 6. The molecule has 106 valence electrons. The first-order chi connectivity index (χ1) is 9.71. The van der Waals surface area contributed by atoms with Crippen LogP contribution >= 0.6 is 0 Å². The molecule has 0 radical (unpaired) electrons. The summed E-state index contributed by atoms with van der Waals surface area (Å²) in [7, 11) is 1.69. The highest BCUT2D eigenvalue weighted by Gasteiger charge is 2.14. The third kappa shape index (κ3) is 2.75. The van der Waals surface area contributed by atoms with Gasteiger partial charge in [0, 0.05) is 25.6 Å². The van der Waals surface area contributed by atoms with Gasteiger partial charge in [-0.2, -0.15) is 0 Å². The molecule has 0 saturated heterocycles. The van der Waals surface area contributed by atoms with Gasteiger partial charge in [0.25, 0.3) is 0 Å². The Bertz CT molecular complexity index is 602. The molecule has 0 aliphatic rings. The van der Waals surface area contributed by atoms with Crippen molar-refractivity contribution in [3.8, 4) is 11.3 Å². The molecule has 0 amide bonds. The highest BCUT2D eigenvalue weighted by Crippen LogP contribution is 2.27. The number of hydrogen-bond donors (Lipinski definition) is 1. The van der Waals surface area contributed by atoms with Crippen molar-refractivity contribution in [1.82, 2.24) is 9.55 Å². The van der Waals surface area contributed by atoms with Gasteiger partial charge in [0.1, 0.15) is 17.3 Å². The van der Waals surface area contributed by atoms with Crippen molar-refractivity contribution in [2.45, 2.75) is 26.5 Å². The Morgan fingerprint density at radius 1 is 1.45 bits per heavy atom. The summed E-state index contributed by atoms with van der Waals surface area (Å²) in [5.74, 6) is 1.67. The van der Waals surface area contributed by atoms with Crippen molar-refractivity contribution < 1.29 is 4.74 Å². The lowest BCUT2D eigenvalue weighted by atomic mass is 10.1. The largest absolute Gasteiger partial charge is 0.383 e. The fourth-order valence-electron chi connectivity index (χ4n) is 2.30. The summed E-state index contributed by atoms with van der Waals surface area (Å²) < 4.78 is 7.17. The van der Waals surface area contributed by atoms with Gasteiger partial charge in [-0.05, 0) is 11.6 Å². The van der Waals surface area contributed by atoms with Gasteiger partial charge in [0.15, 0.2) is 0 Å². The van der Waals surface area contributed by atoms with Crippen LogP contribution in [0.3, 0.4) is 0 Å². The molecule has 2 N–H and O–H groups in total. The number of methoxy groups -OCH3 is 1. The van der Waals surface area contributed by atoms with Crippen LogP contribution in [0.15, 0.2) is 36.9 Å². The first-order valence-electron chi connectivity index (χ1n) is 6.75. The van der Waals surface area contributed by atoms with Gasteiger partial charge in [-0.3, -0.25) is 0 Å². The van der Waals surface area contributed by atoms with Crippen molar-refractivity contribution in [1.29, 1.82) is 0 Å². The zero-order valence-corrected chi connectivity index (χ0v) is 12.1. The van der Waals surface area contributed by atoms with E-state index < -0.39 is 0 Å². The number of hydrogen-bond acceptors (Lipinski definition) is 3. The Morgan fingerprint density at radius 2 is 2.25 bits per heavy atom. The molecule has 0 saturated carbocycles. The van der Waals surface area contributed by atoms with Crippen molar-refractivity contribution >= 4 is 5.82 Å². The second-order valence-electron chi connectivity index (χ2n) is 4.65. The Kier molecular flexibility index (Phi) is 4.58. The molecule has 0 atom stereocenters. The van der Waals surface area contributed by atoms with E-state index in [9.17, 15) is 0 Å². The lowest BCUT2D eigenvalue weighted by molar-refractivity contribution is 0.185. The Labute approximate surface area is 119 Å². The van der Waals surface area contributed by atoms with Crippen LogP contribution in [-0.2, 0) is 24.3 Å². The van der Waals surface area contributed by atoms with E-state index >= 15 is 0 Å². The lowest BCUT2D eigenvalue weighted by Crippen LogP contribution is -2.05. The predicted octanol–water partition coefficient (Wildman–Crippen LogP) is 3.03. The Hall–Kier alpha value is -2.07. The molecular weight excluding hydrogens is 250 g/mol. The number of benzene rings is 1. The van der Waals surface area contributed by atoms with E-state index in [1.807, 2.05) is 28.8 Å². The normalized spacial score (nSPS) is 10.7. The minimum Gasteiger partial charge on any atom is -0.383 e. The van der Waals surface area contributed by atoms with Gasteiger partial charge in [0.05, 0.1) is 6.61 Å². The number of aryl methyl sites for hydroxylation is 1. The van der Waals surface area contributed by atoms with Gasteiger partial charge in [-0.15, -0.1) is 6.58 Å². The van der Waals surface area contributed by atoms with Crippen LogP contribution in [0, 0.1) is 0 Å². The smallest absolute Gasteiger partial charge is 0.132 e. The predicted molar refractivity (Wildman–Crippen MR) is 82.4 cm³/mol. The molecule has 0 spiro atoms. The maximum atomic E-state index is 6.24. The summed E-state index contributed by atoms with van der Waals surface area (Å²) in [6.45, 7) is 7.11. The van der Waals surface area contributed by atoms with Gasteiger partial charge in [-0.1, -0.05) is 31.2 Å². The third-order valence-corrected chi connectivity index (χ3v) is 3.23. The van der Waals surface area contributed by atoms with Gasteiger partial charge in [0.2, 0.25) is 0 Å². The van der Waals surface area contributed by atoms with E-state index in [0.717, 1.165) is 29.1 Å². The zero-order valence-electron chi connectivity index (χ0n) is 12.1. The number of allylic oxidation sites excluding steroid dienone is 1. The molecule has 0 aliphatic heterocycles. The molecule has 0 bridgehead atoms. The first-order valence-corrected chi connectivity index (χ1v) is 6.75. The second kappa shape index (κ2) is 6.39. The van der Waals surface area contributed by atoms with Crippen molar-refractivity contribution in [2.75, 3.05) is 12.8 Å². The second-order valence-corrected chi connectivity index (χ2v) is 4.65. The van der Waals surface area contributed by atoms with Crippen LogP contribution in [0.1, 0.15) is 18.3 Å². The summed E-state index contributed by atoms with van der Waals surface area (Å²) in [5, 5.41) is 0. The number of aromatic nitrogens is 2. The van der Waals surface area contributed by atoms with E-state index in [-0.39, 0.29) is 0 Å². The van der Waals surface area contributed by atoms with Gasteiger partial charge in [-0.25, -0.2) is 4.98 Å². The summed E-state index contributed by atoms with van der Waals surface area (Å²) in [6, 6.07) is 8.13. The maximum Gasteiger partial charge on any atom is 0.132 e. The third-order valence-electron chi connectivity index (χ3n) is 3.23. The van der Waals surface area contributed by atoms with E-state index in [0.29, 0.717) is 19.0 Å². The molecule has 1 aromatic carbocycles.